The molecule has 0 bridgehead atoms. The van der Waals surface area contributed by atoms with Crippen LogP contribution in [0.15, 0.2) is 54.6 Å². The minimum atomic E-state index is -5.37. The summed E-state index contributed by atoms with van der Waals surface area (Å²) in [6.45, 7) is 0. The lowest BCUT2D eigenvalue weighted by Gasteiger charge is -2.33. The van der Waals surface area contributed by atoms with Crippen LogP contribution in [-0.2, 0) is 9.53 Å². The van der Waals surface area contributed by atoms with E-state index < -0.39 is 29.7 Å². The molecule has 10 heteroatoms. The van der Waals surface area contributed by atoms with Crippen LogP contribution in [0.2, 0.25) is 0 Å². The van der Waals surface area contributed by atoms with Crippen molar-refractivity contribution in [1.29, 1.82) is 0 Å². The summed E-state index contributed by atoms with van der Waals surface area (Å²) in [6.07, 6.45) is -5.37. The molecule has 0 unspecified atom stereocenters. The minimum Gasteiger partial charge on any atom is -0.464 e. The summed E-state index contributed by atoms with van der Waals surface area (Å²) in [4.78, 5) is 24.0. The van der Waals surface area contributed by atoms with Gasteiger partial charge in [0, 0.05) is 5.69 Å². The molecule has 0 saturated heterocycles. The zero-order valence-electron chi connectivity index (χ0n) is 13.8. The van der Waals surface area contributed by atoms with Gasteiger partial charge in [-0.15, -0.1) is 0 Å². The second-order valence-corrected chi connectivity index (χ2v) is 5.17. The van der Waals surface area contributed by atoms with Crippen molar-refractivity contribution in [2.45, 2.75) is 11.9 Å². The number of para-hydroxylation sites is 1. The van der Waals surface area contributed by atoms with E-state index in [9.17, 15) is 27.2 Å². The molecule has 144 valence electrons. The van der Waals surface area contributed by atoms with Crippen LogP contribution in [0.5, 0.6) is 5.75 Å². The van der Waals surface area contributed by atoms with Gasteiger partial charge >= 0.3 is 23.9 Å². The van der Waals surface area contributed by atoms with Crippen molar-refractivity contribution in [2.75, 3.05) is 12.4 Å². The van der Waals surface area contributed by atoms with Gasteiger partial charge in [-0.25, -0.2) is 14.0 Å². The normalized spacial score (nSPS) is 13.2. The maximum atomic E-state index is 13.7. The van der Waals surface area contributed by atoms with E-state index in [-0.39, 0.29) is 11.4 Å². The quantitative estimate of drug-likeness (QED) is 0.469. The first kappa shape index (κ1) is 20.0. The van der Waals surface area contributed by atoms with Crippen LogP contribution in [0.3, 0.4) is 0 Å². The largest absolute Gasteiger partial charge is 0.464 e. The lowest BCUT2D eigenvalue weighted by molar-refractivity contribution is -0.258. The Morgan fingerprint density at radius 2 is 1.56 bits per heavy atom. The maximum Gasteiger partial charge on any atom is 0.460 e. The smallest absolute Gasteiger partial charge is 0.460 e. The molecule has 2 N–H and O–H groups in total. The van der Waals surface area contributed by atoms with Gasteiger partial charge in [-0.1, -0.05) is 18.2 Å². The molecule has 0 radical (unpaired) electrons. The zero-order valence-corrected chi connectivity index (χ0v) is 13.8. The third-order valence-corrected chi connectivity index (χ3v) is 3.28. The van der Waals surface area contributed by atoms with Crippen LogP contribution in [0.1, 0.15) is 0 Å². The maximum absolute atomic E-state index is 13.7. The Balaban J connectivity index is 2.34. The van der Waals surface area contributed by atoms with Gasteiger partial charge in [-0.05, 0) is 36.4 Å². The second kappa shape index (κ2) is 7.94. The highest BCUT2D eigenvalue weighted by Crippen LogP contribution is 2.34. The number of alkyl halides is 3. The van der Waals surface area contributed by atoms with Crippen molar-refractivity contribution in [3.05, 3.63) is 60.4 Å². The molecular formula is C17H14F4N2O4. The molecule has 2 aromatic carbocycles. The standard InChI is InChI=1S/C17H14F4N2O4/c1-26-14(24)16(17(19,20)21,27-13-5-3-2-4-6-13)23-15(25)22-12-9-7-11(18)8-10-12/h2-10H,1H3,(H2,22,23,25)/t16-/m1/s1. The van der Waals surface area contributed by atoms with Gasteiger partial charge in [0.2, 0.25) is 0 Å². The number of hydrogen-bond acceptors (Lipinski definition) is 4. The Kier molecular flexibility index (Phi) is 5.88. The lowest BCUT2D eigenvalue weighted by atomic mass is 10.2. The number of amides is 2. The number of methoxy groups -OCH3 is 1. The second-order valence-electron chi connectivity index (χ2n) is 5.17. The minimum absolute atomic E-state index is 0.00504. The molecule has 2 aromatic rings. The Bertz CT molecular complexity index is 797. The van der Waals surface area contributed by atoms with Crippen LogP contribution in [-0.4, -0.2) is 31.0 Å². The number of rotatable bonds is 5. The monoisotopic (exact) mass is 386 g/mol. The predicted octanol–water partition coefficient (Wildman–Crippen LogP) is 3.46. The van der Waals surface area contributed by atoms with E-state index in [2.05, 4.69) is 10.1 Å². The molecule has 0 aromatic heterocycles. The van der Waals surface area contributed by atoms with E-state index in [0.29, 0.717) is 0 Å². The molecule has 2 rings (SSSR count). The van der Waals surface area contributed by atoms with Crippen molar-refractivity contribution in [1.82, 2.24) is 5.32 Å². The summed E-state index contributed by atoms with van der Waals surface area (Å²) in [6, 6.07) is 9.45. The molecule has 0 aliphatic carbocycles. The summed E-state index contributed by atoms with van der Waals surface area (Å²) in [5.74, 6) is -2.82. The Labute approximate surface area is 151 Å². The average molecular weight is 386 g/mol. The molecule has 0 aliphatic heterocycles. The van der Waals surface area contributed by atoms with E-state index >= 15 is 0 Å². The number of ether oxygens (including phenoxy) is 2. The number of esters is 1. The first-order valence-electron chi connectivity index (χ1n) is 7.42. The van der Waals surface area contributed by atoms with Crippen molar-refractivity contribution in [2.24, 2.45) is 0 Å². The van der Waals surface area contributed by atoms with Crippen molar-refractivity contribution < 1.29 is 36.6 Å². The SMILES string of the molecule is COC(=O)[C@@](NC(=O)Nc1ccc(F)cc1)(Oc1ccccc1)C(F)(F)F. The first-order chi connectivity index (χ1) is 12.7. The van der Waals surface area contributed by atoms with Gasteiger partial charge in [0.05, 0.1) is 7.11 Å². The molecule has 0 aliphatic rings. The Morgan fingerprint density at radius 3 is 2.07 bits per heavy atom. The van der Waals surface area contributed by atoms with Crippen LogP contribution >= 0.6 is 0 Å². The highest BCUT2D eigenvalue weighted by Gasteiger charge is 2.66. The average Bonchev–Trinajstić information content (AvgIpc) is 2.62. The zero-order chi connectivity index (χ0) is 20.1. The van der Waals surface area contributed by atoms with Crippen LogP contribution in [0.25, 0.3) is 0 Å². The number of anilines is 1. The summed E-state index contributed by atoms with van der Waals surface area (Å²) >= 11 is 0. The Morgan fingerprint density at radius 1 is 0.963 bits per heavy atom. The van der Waals surface area contributed by atoms with Gasteiger partial charge in [-0.2, -0.15) is 13.2 Å². The fraction of sp³-hybridized carbons (Fsp3) is 0.176. The fourth-order valence-corrected chi connectivity index (χ4v) is 2.03. The number of urea groups is 1. The first-order valence-corrected chi connectivity index (χ1v) is 7.42. The molecule has 0 fully saturated rings. The third-order valence-electron chi connectivity index (χ3n) is 3.28. The van der Waals surface area contributed by atoms with Crippen molar-refractivity contribution in [3.63, 3.8) is 0 Å². The molecule has 27 heavy (non-hydrogen) atoms. The van der Waals surface area contributed by atoms with Gasteiger partial charge in [0.1, 0.15) is 11.6 Å². The third kappa shape index (κ3) is 4.66. The molecule has 0 spiro atoms. The van der Waals surface area contributed by atoms with Gasteiger partial charge in [0.25, 0.3) is 0 Å². The van der Waals surface area contributed by atoms with E-state index in [4.69, 9.17) is 4.74 Å². The number of carbonyl (C=O) groups is 2. The molecule has 0 heterocycles. The summed E-state index contributed by atoms with van der Waals surface area (Å²) in [7, 11) is 0.719. The van der Waals surface area contributed by atoms with E-state index in [0.717, 1.165) is 31.4 Å². The number of halogens is 4. The number of hydrogen-bond donors (Lipinski definition) is 2. The molecule has 6 nitrogen and oxygen atoms in total. The van der Waals surface area contributed by atoms with Crippen LogP contribution < -0.4 is 15.4 Å². The molecule has 0 saturated carbocycles. The van der Waals surface area contributed by atoms with Crippen LogP contribution in [0, 0.1) is 5.82 Å². The van der Waals surface area contributed by atoms with Crippen molar-refractivity contribution >= 4 is 17.7 Å². The highest BCUT2D eigenvalue weighted by atomic mass is 19.4. The lowest BCUT2D eigenvalue weighted by Crippen LogP contribution is -2.68. The van der Waals surface area contributed by atoms with Crippen LogP contribution in [0.4, 0.5) is 28.0 Å². The summed E-state index contributed by atoms with van der Waals surface area (Å²) in [5, 5.41) is 3.52. The Hall–Kier alpha value is -3.30. The number of benzene rings is 2. The van der Waals surface area contributed by atoms with Gasteiger partial charge in [-0.3, -0.25) is 5.32 Å². The highest BCUT2D eigenvalue weighted by molar-refractivity contribution is 5.94. The molecule has 1 atom stereocenters. The summed E-state index contributed by atoms with van der Waals surface area (Å²) < 4.78 is 63.1. The number of carbonyl (C=O) groups excluding carboxylic acids is 2. The fourth-order valence-electron chi connectivity index (χ4n) is 2.03. The van der Waals surface area contributed by atoms with Crippen molar-refractivity contribution in [3.8, 4) is 5.75 Å². The number of nitrogens with one attached hydrogen (secondary N) is 2. The van der Waals surface area contributed by atoms with E-state index in [1.807, 2.05) is 0 Å². The van der Waals surface area contributed by atoms with E-state index in [1.54, 1.807) is 0 Å². The predicted molar refractivity (Wildman–Crippen MR) is 86.4 cm³/mol. The summed E-state index contributed by atoms with van der Waals surface area (Å²) in [5.41, 5.74) is -3.80. The van der Waals surface area contributed by atoms with Gasteiger partial charge < -0.3 is 14.8 Å². The topological polar surface area (TPSA) is 76.7 Å². The van der Waals surface area contributed by atoms with E-state index in [1.165, 1.54) is 35.6 Å². The molecule has 2 amide bonds. The van der Waals surface area contributed by atoms with Gasteiger partial charge in [0.15, 0.2) is 0 Å². The molecular weight excluding hydrogens is 372 g/mol.